The number of anilines is 1. The molecule has 3 N–H and O–H groups in total. The van der Waals surface area contributed by atoms with E-state index in [1.54, 1.807) is 12.1 Å². The number of hydrogen-bond acceptors (Lipinski definition) is 5. The maximum Gasteiger partial charge on any atom is 0.180 e. The van der Waals surface area contributed by atoms with Crippen molar-refractivity contribution in [2.24, 2.45) is 0 Å². The van der Waals surface area contributed by atoms with Crippen LogP contribution in [0.3, 0.4) is 0 Å². The van der Waals surface area contributed by atoms with Gasteiger partial charge in [0.1, 0.15) is 11.5 Å². The third kappa shape index (κ3) is 3.86. The minimum Gasteiger partial charge on any atom is -0.508 e. The lowest BCUT2D eigenvalue weighted by molar-refractivity contribution is 0.340. The van der Waals surface area contributed by atoms with Crippen LogP contribution >= 0.6 is 11.3 Å². The van der Waals surface area contributed by atoms with Gasteiger partial charge in [-0.3, -0.25) is 0 Å². The van der Waals surface area contributed by atoms with Crippen LogP contribution in [0.5, 0.6) is 11.5 Å². The second-order valence-electron chi connectivity index (χ2n) is 5.54. The molecular weight excluding hydrogens is 320 g/mol. The van der Waals surface area contributed by atoms with Gasteiger partial charge in [-0.25, -0.2) is 4.98 Å². The molecule has 0 aliphatic rings. The van der Waals surface area contributed by atoms with Crippen LogP contribution in [0.4, 0.5) is 5.13 Å². The number of benzene rings is 2. The van der Waals surface area contributed by atoms with Crippen LogP contribution in [0, 0.1) is 0 Å². The molecule has 1 aromatic heterocycles. The number of nitrogens with two attached hydrogens (primary N) is 1. The summed E-state index contributed by atoms with van der Waals surface area (Å²) in [4.78, 5) is 4.46. The van der Waals surface area contributed by atoms with E-state index in [0.29, 0.717) is 11.7 Å². The fourth-order valence-electron chi connectivity index (χ4n) is 2.68. The van der Waals surface area contributed by atoms with Gasteiger partial charge in [0.25, 0.3) is 0 Å². The Bertz CT molecular complexity index is 782. The molecule has 0 radical (unpaired) electrons. The van der Waals surface area contributed by atoms with Crippen molar-refractivity contribution in [3.63, 3.8) is 0 Å². The van der Waals surface area contributed by atoms with Gasteiger partial charge in [-0.05, 0) is 48.7 Å². The molecule has 0 aliphatic carbocycles. The Balaban J connectivity index is 1.88. The molecule has 24 heavy (non-hydrogen) atoms. The average molecular weight is 340 g/mol. The molecule has 1 heterocycles. The van der Waals surface area contributed by atoms with Gasteiger partial charge in [-0.1, -0.05) is 24.3 Å². The fourth-order valence-corrected chi connectivity index (χ4v) is 3.30. The predicted octanol–water partition coefficient (Wildman–Crippen LogP) is 4.20. The Hall–Kier alpha value is -2.53. The van der Waals surface area contributed by atoms with Crippen LogP contribution in [0.15, 0.2) is 53.9 Å². The fraction of sp³-hybridized carbons (Fsp3) is 0.211. The molecule has 3 rings (SSSR count). The van der Waals surface area contributed by atoms with Crippen LogP contribution < -0.4 is 10.5 Å². The second-order valence-corrected chi connectivity index (χ2v) is 6.43. The number of thiazole rings is 1. The minimum absolute atomic E-state index is 0.0945. The molecule has 0 amide bonds. The molecule has 0 spiro atoms. The van der Waals surface area contributed by atoms with Crippen molar-refractivity contribution in [3.8, 4) is 11.5 Å². The summed E-state index contributed by atoms with van der Waals surface area (Å²) in [6.45, 7) is 2.63. The molecule has 1 atom stereocenters. The quantitative estimate of drug-likeness (QED) is 0.705. The zero-order valence-electron chi connectivity index (χ0n) is 13.5. The molecule has 0 fully saturated rings. The van der Waals surface area contributed by atoms with E-state index in [1.807, 2.05) is 36.6 Å². The Morgan fingerprint density at radius 1 is 1.12 bits per heavy atom. The number of phenols is 1. The Kier molecular flexibility index (Phi) is 5.01. The number of aromatic hydroxyl groups is 1. The van der Waals surface area contributed by atoms with E-state index in [1.165, 1.54) is 16.9 Å². The average Bonchev–Trinajstić information content (AvgIpc) is 3.02. The van der Waals surface area contributed by atoms with Crippen LogP contribution in [0.25, 0.3) is 0 Å². The van der Waals surface area contributed by atoms with E-state index in [2.05, 4.69) is 17.1 Å². The van der Waals surface area contributed by atoms with Gasteiger partial charge >= 0.3 is 0 Å². The first-order valence-corrected chi connectivity index (χ1v) is 8.75. The molecule has 0 saturated heterocycles. The molecule has 3 aromatic rings. The van der Waals surface area contributed by atoms with E-state index < -0.39 is 0 Å². The summed E-state index contributed by atoms with van der Waals surface area (Å²) in [5.74, 6) is 1.23. The molecule has 4 nitrogen and oxygen atoms in total. The summed E-state index contributed by atoms with van der Waals surface area (Å²) in [7, 11) is 0. The van der Waals surface area contributed by atoms with Crippen molar-refractivity contribution >= 4 is 16.5 Å². The van der Waals surface area contributed by atoms with Gasteiger partial charge in [0.05, 0.1) is 12.3 Å². The second kappa shape index (κ2) is 7.36. The Morgan fingerprint density at radius 2 is 1.83 bits per heavy atom. The standard InChI is InChI=1S/C19H20N2O2S/c1-2-23-16-9-3-13(4-10-16)11-17(18-12-24-19(20)21-18)14-5-7-15(22)8-6-14/h3-10,12,17,22H,2,11H2,1H3,(H2,20,21). The lowest BCUT2D eigenvalue weighted by Crippen LogP contribution is -2.06. The molecule has 1 unspecified atom stereocenters. The molecule has 0 bridgehead atoms. The number of aromatic nitrogens is 1. The summed E-state index contributed by atoms with van der Waals surface area (Å²) in [6, 6.07) is 15.4. The molecule has 5 heteroatoms. The maximum atomic E-state index is 9.54. The van der Waals surface area contributed by atoms with Gasteiger partial charge in [0, 0.05) is 11.3 Å². The van der Waals surface area contributed by atoms with Gasteiger partial charge in [-0.15, -0.1) is 11.3 Å². The van der Waals surface area contributed by atoms with Crippen LogP contribution in [0.2, 0.25) is 0 Å². The lowest BCUT2D eigenvalue weighted by Gasteiger charge is -2.16. The van der Waals surface area contributed by atoms with E-state index in [-0.39, 0.29) is 11.7 Å². The number of nitrogen functional groups attached to an aromatic ring is 1. The van der Waals surface area contributed by atoms with E-state index in [9.17, 15) is 5.11 Å². The van der Waals surface area contributed by atoms with Gasteiger partial charge in [0.2, 0.25) is 0 Å². The third-order valence-electron chi connectivity index (χ3n) is 3.87. The van der Waals surface area contributed by atoms with Crippen molar-refractivity contribution in [1.82, 2.24) is 4.98 Å². The minimum atomic E-state index is 0.0945. The predicted molar refractivity (Wildman–Crippen MR) is 97.8 cm³/mol. The van der Waals surface area contributed by atoms with Crippen molar-refractivity contribution in [1.29, 1.82) is 0 Å². The zero-order valence-corrected chi connectivity index (χ0v) is 14.3. The highest BCUT2D eigenvalue weighted by molar-refractivity contribution is 7.13. The summed E-state index contributed by atoms with van der Waals surface area (Å²) >= 11 is 1.45. The van der Waals surface area contributed by atoms with Gasteiger partial charge in [-0.2, -0.15) is 0 Å². The number of hydrogen-bond donors (Lipinski definition) is 2. The van der Waals surface area contributed by atoms with Crippen molar-refractivity contribution < 1.29 is 9.84 Å². The van der Waals surface area contributed by atoms with E-state index in [0.717, 1.165) is 23.4 Å². The highest BCUT2D eigenvalue weighted by atomic mass is 32.1. The summed E-state index contributed by atoms with van der Waals surface area (Å²) in [5, 5.41) is 12.1. The number of phenolic OH excluding ortho intramolecular Hbond substituents is 1. The topological polar surface area (TPSA) is 68.4 Å². The molecular formula is C19H20N2O2S. The Morgan fingerprint density at radius 3 is 2.42 bits per heavy atom. The molecule has 0 saturated carbocycles. The maximum absolute atomic E-state index is 9.54. The number of ether oxygens (including phenoxy) is 1. The van der Waals surface area contributed by atoms with Crippen LogP contribution in [-0.4, -0.2) is 16.7 Å². The van der Waals surface area contributed by atoms with Crippen molar-refractivity contribution in [2.45, 2.75) is 19.3 Å². The van der Waals surface area contributed by atoms with Gasteiger partial charge < -0.3 is 15.6 Å². The molecule has 2 aromatic carbocycles. The third-order valence-corrected chi connectivity index (χ3v) is 4.56. The first kappa shape index (κ1) is 16.3. The molecule has 124 valence electrons. The number of rotatable bonds is 6. The van der Waals surface area contributed by atoms with Gasteiger partial charge in [0.15, 0.2) is 5.13 Å². The first-order valence-electron chi connectivity index (χ1n) is 7.87. The summed E-state index contributed by atoms with van der Waals surface area (Å²) < 4.78 is 5.50. The highest BCUT2D eigenvalue weighted by Crippen LogP contribution is 2.31. The van der Waals surface area contributed by atoms with Crippen molar-refractivity contribution in [2.75, 3.05) is 12.3 Å². The van der Waals surface area contributed by atoms with Crippen LogP contribution in [-0.2, 0) is 6.42 Å². The number of nitrogens with zero attached hydrogens (tertiary/aromatic N) is 1. The van der Waals surface area contributed by atoms with Crippen molar-refractivity contribution in [3.05, 3.63) is 70.7 Å². The van der Waals surface area contributed by atoms with Crippen LogP contribution in [0.1, 0.15) is 29.7 Å². The van der Waals surface area contributed by atoms with E-state index in [4.69, 9.17) is 10.5 Å². The normalized spacial score (nSPS) is 12.0. The zero-order chi connectivity index (χ0) is 16.9. The Labute approximate surface area is 145 Å². The summed E-state index contributed by atoms with van der Waals surface area (Å²) in [6.07, 6.45) is 0.806. The summed E-state index contributed by atoms with van der Waals surface area (Å²) in [5.41, 5.74) is 9.07. The first-order chi connectivity index (χ1) is 11.7. The monoisotopic (exact) mass is 340 g/mol. The lowest BCUT2D eigenvalue weighted by atomic mass is 9.89. The largest absolute Gasteiger partial charge is 0.508 e. The smallest absolute Gasteiger partial charge is 0.180 e. The molecule has 0 aliphatic heterocycles. The SMILES string of the molecule is CCOc1ccc(CC(c2ccc(O)cc2)c2csc(N)n2)cc1. The van der Waals surface area contributed by atoms with E-state index >= 15 is 0 Å². The highest BCUT2D eigenvalue weighted by Gasteiger charge is 2.18.